The number of rotatable bonds is 7. The molecule has 0 radical (unpaired) electrons. The van der Waals surface area contributed by atoms with E-state index in [9.17, 15) is 9.47 Å². The number of anilines is 1. The Morgan fingerprint density at radius 3 is 2.69 bits per heavy atom. The second kappa shape index (κ2) is 10.0. The van der Waals surface area contributed by atoms with Gasteiger partial charge in [-0.25, -0.2) is 14.2 Å². The molecule has 8 heteroatoms. The van der Waals surface area contributed by atoms with Crippen LogP contribution in [0.1, 0.15) is 21.7 Å². The van der Waals surface area contributed by atoms with Crippen LogP contribution >= 0.6 is 22.7 Å². The molecule has 4 rings (SSSR count). The lowest BCUT2D eigenvalue weighted by Crippen LogP contribution is -2.04. The first-order chi connectivity index (χ1) is 15.5. The number of aromatic nitrogens is 2. The molecule has 2 aromatic carbocycles. The summed E-state index contributed by atoms with van der Waals surface area (Å²) in [7, 11) is -1.36. The van der Waals surface area contributed by atoms with Gasteiger partial charge in [0.05, 0.1) is 16.2 Å². The van der Waals surface area contributed by atoms with Crippen LogP contribution in [0.4, 0.5) is 5.13 Å². The highest BCUT2D eigenvalue weighted by atomic mass is 32.2. The van der Waals surface area contributed by atoms with E-state index in [0.29, 0.717) is 27.0 Å². The third-order valence-corrected chi connectivity index (χ3v) is 7.58. The van der Waals surface area contributed by atoms with Crippen LogP contribution in [0.2, 0.25) is 0 Å². The van der Waals surface area contributed by atoms with E-state index in [1.807, 2.05) is 41.1 Å². The van der Waals surface area contributed by atoms with Crippen molar-refractivity contribution < 1.29 is 4.21 Å². The molecule has 1 atom stereocenters. The summed E-state index contributed by atoms with van der Waals surface area (Å²) in [4.78, 5) is 9.46. The van der Waals surface area contributed by atoms with E-state index < -0.39 is 11.0 Å². The predicted octanol–water partition coefficient (Wildman–Crippen LogP) is 6.17. The lowest BCUT2D eigenvalue weighted by Gasteiger charge is -2.04. The van der Waals surface area contributed by atoms with Crippen molar-refractivity contribution in [3.8, 4) is 17.3 Å². The molecule has 0 aliphatic rings. The molecule has 0 aliphatic heterocycles. The highest BCUT2D eigenvalue weighted by molar-refractivity contribution is 7.86. The minimum absolute atomic E-state index is 0.559. The first-order valence-corrected chi connectivity index (χ1v) is 12.7. The van der Waals surface area contributed by atoms with Crippen LogP contribution in [0.5, 0.6) is 0 Å². The minimum atomic E-state index is -1.36. The number of nitrogens with zero attached hydrogens (tertiary/aromatic N) is 3. The Hall–Kier alpha value is -3.12. The Bertz CT molecular complexity index is 1320. The molecule has 0 saturated carbocycles. The number of benzene rings is 2. The maximum atomic E-state index is 12.4. The maximum absolute atomic E-state index is 12.4. The minimum Gasteiger partial charge on any atom is -0.277 e. The van der Waals surface area contributed by atoms with Crippen molar-refractivity contribution in [1.29, 1.82) is 5.26 Å². The molecule has 0 fully saturated rings. The summed E-state index contributed by atoms with van der Waals surface area (Å²) in [5.74, 6) is 0. The van der Waals surface area contributed by atoms with Crippen LogP contribution in [0, 0.1) is 25.2 Å². The average molecular weight is 477 g/mol. The van der Waals surface area contributed by atoms with Crippen LogP contribution in [-0.4, -0.2) is 14.2 Å². The van der Waals surface area contributed by atoms with Gasteiger partial charge in [0, 0.05) is 22.5 Å². The Kier molecular flexibility index (Phi) is 6.90. The van der Waals surface area contributed by atoms with Crippen molar-refractivity contribution in [1.82, 2.24) is 9.97 Å². The van der Waals surface area contributed by atoms with E-state index in [4.69, 9.17) is 4.98 Å². The summed E-state index contributed by atoms with van der Waals surface area (Å²) in [6.45, 7) is 4.15. The molecule has 5 nitrogen and oxygen atoms in total. The predicted molar refractivity (Wildman–Crippen MR) is 133 cm³/mol. The third-order valence-electron chi connectivity index (χ3n) is 4.80. The summed E-state index contributed by atoms with van der Waals surface area (Å²) < 4.78 is 15.3. The van der Waals surface area contributed by atoms with Gasteiger partial charge < -0.3 is 0 Å². The molecule has 2 heterocycles. The molecule has 160 valence electrons. The zero-order valence-corrected chi connectivity index (χ0v) is 20.0. The molecular weight excluding hydrogens is 456 g/mol. The Morgan fingerprint density at radius 1 is 1.19 bits per heavy atom. The van der Waals surface area contributed by atoms with Crippen LogP contribution < -0.4 is 4.72 Å². The first-order valence-electron chi connectivity index (χ1n) is 9.84. The zero-order chi connectivity index (χ0) is 22.5. The summed E-state index contributed by atoms with van der Waals surface area (Å²) in [6, 6.07) is 16.1. The highest BCUT2D eigenvalue weighted by Gasteiger charge is 2.11. The van der Waals surface area contributed by atoms with E-state index in [1.54, 1.807) is 6.20 Å². The summed E-state index contributed by atoms with van der Waals surface area (Å²) in [5.41, 5.74) is 5.95. The summed E-state index contributed by atoms with van der Waals surface area (Å²) >= 11 is 2.88. The molecular formula is C24H20N4OS3. The fourth-order valence-electron chi connectivity index (χ4n) is 3.18. The smallest absolute Gasteiger partial charge is 0.194 e. The van der Waals surface area contributed by atoms with Gasteiger partial charge >= 0.3 is 0 Å². The molecule has 1 N–H and O–H groups in total. The number of nitrogens with one attached hydrogen (secondary N) is 1. The highest BCUT2D eigenvalue weighted by Crippen LogP contribution is 2.29. The number of hydrogen-bond acceptors (Lipinski definition) is 6. The first kappa shape index (κ1) is 22.1. The largest absolute Gasteiger partial charge is 0.277 e. The van der Waals surface area contributed by atoms with Gasteiger partial charge in [-0.05, 0) is 43.5 Å². The average Bonchev–Trinajstić information content (AvgIpc) is 3.47. The normalized spacial score (nSPS) is 12.3. The SMILES string of the molecule is Cc1ccc(-c2csc(C(C#N)=CCc3ccc(S(=O)Nc4nccs4)cc3)n2)c(C)c1. The summed E-state index contributed by atoms with van der Waals surface area (Å²) in [6.07, 6.45) is 4.15. The van der Waals surface area contributed by atoms with Crippen molar-refractivity contribution in [2.24, 2.45) is 0 Å². The number of nitriles is 1. The van der Waals surface area contributed by atoms with Crippen LogP contribution in [0.3, 0.4) is 0 Å². The molecule has 2 aromatic heterocycles. The van der Waals surface area contributed by atoms with Gasteiger partial charge in [-0.2, -0.15) is 5.26 Å². The van der Waals surface area contributed by atoms with Crippen molar-refractivity contribution in [3.63, 3.8) is 0 Å². The molecule has 32 heavy (non-hydrogen) atoms. The van der Waals surface area contributed by atoms with Gasteiger partial charge in [0.2, 0.25) is 0 Å². The van der Waals surface area contributed by atoms with Gasteiger partial charge in [-0.3, -0.25) is 4.72 Å². The van der Waals surface area contributed by atoms with E-state index in [2.05, 4.69) is 47.8 Å². The number of thiazole rings is 2. The van der Waals surface area contributed by atoms with E-state index >= 15 is 0 Å². The van der Waals surface area contributed by atoms with Crippen LogP contribution in [-0.2, 0) is 17.4 Å². The monoisotopic (exact) mass is 476 g/mol. The molecule has 0 bridgehead atoms. The van der Waals surface area contributed by atoms with Crippen molar-refractivity contribution in [2.75, 3.05) is 4.72 Å². The van der Waals surface area contributed by atoms with Gasteiger partial charge in [-0.1, -0.05) is 42.0 Å². The number of hydrogen-bond donors (Lipinski definition) is 1. The van der Waals surface area contributed by atoms with Crippen molar-refractivity contribution in [3.05, 3.63) is 87.2 Å². The van der Waals surface area contributed by atoms with Gasteiger partial charge in [0.15, 0.2) is 16.1 Å². The van der Waals surface area contributed by atoms with Gasteiger partial charge in [0.25, 0.3) is 0 Å². The van der Waals surface area contributed by atoms with Crippen molar-refractivity contribution >= 4 is 44.4 Å². The maximum Gasteiger partial charge on any atom is 0.194 e. The third kappa shape index (κ3) is 5.19. The topological polar surface area (TPSA) is 78.7 Å². The quantitative estimate of drug-likeness (QED) is 0.324. The molecule has 0 saturated heterocycles. The Morgan fingerprint density at radius 2 is 2.00 bits per heavy atom. The molecule has 0 amide bonds. The Balaban J connectivity index is 1.46. The van der Waals surface area contributed by atoms with Crippen molar-refractivity contribution in [2.45, 2.75) is 25.2 Å². The molecule has 0 spiro atoms. The second-order valence-electron chi connectivity index (χ2n) is 7.14. The standard InChI is InChI=1S/C24H20N4OS3/c1-16-3-10-21(17(2)13-16)22-15-31-23(27-22)19(14-25)7-4-18-5-8-20(9-6-18)32(29)28-24-26-11-12-30-24/h3,5-13,15H,4H2,1-2H3,(H,26,28). The van der Waals surface area contributed by atoms with Crippen LogP contribution in [0.25, 0.3) is 16.8 Å². The lowest BCUT2D eigenvalue weighted by molar-refractivity contribution is 0.686. The van der Waals surface area contributed by atoms with E-state index in [1.165, 1.54) is 33.8 Å². The lowest BCUT2D eigenvalue weighted by atomic mass is 10.0. The fraction of sp³-hybridized carbons (Fsp3) is 0.125. The molecule has 0 aliphatic carbocycles. The number of allylic oxidation sites excluding steroid dienone is 2. The number of aryl methyl sites for hydroxylation is 2. The molecule has 1 unspecified atom stereocenters. The summed E-state index contributed by atoms with van der Waals surface area (Å²) in [5, 5.41) is 14.8. The van der Waals surface area contributed by atoms with E-state index in [0.717, 1.165) is 16.8 Å². The zero-order valence-electron chi connectivity index (χ0n) is 17.5. The van der Waals surface area contributed by atoms with Gasteiger partial charge in [0.1, 0.15) is 11.1 Å². The van der Waals surface area contributed by atoms with Gasteiger partial charge in [-0.15, -0.1) is 22.7 Å². The van der Waals surface area contributed by atoms with E-state index in [-0.39, 0.29) is 0 Å². The Labute approximate surface area is 197 Å². The fourth-order valence-corrected chi connectivity index (χ4v) is 5.50. The van der Waals surface area contributed by atoms with Crippen LogP contribution in [0.15, 0.2) is 70.4 Å². The second-order valence-corrected chi connectivity index (χ2v) is 10.1. The molecule has 4 aromatic rings.